The molecular formula is C23H19NO2S. The number of hydrogen-bond acceptors (Lipinski definition) is 3. The van der Waals surface area contributed by atoms with Gasteiger partial charge in [-0.3, -0.25) is 0 Å². The fourth-order valence-corrected chi connectivity index (χ4v) is 3.40. The quantitative estimate of drug-likeness (QED) is 0.378. The smallest absolute Gasteiger partial charge is 0.130 e. The lowest BCUT2D eigenvalue weighted by atomic mass is 10.0. The van der Waals surface area contributed by atoms with Crippen LogP contribution in [0.3, 0.4) is 0 Å². The van der Waals surface area contributed by atoms with E-state index in [2.05, 4.69) is 18.2 Å². The normalized spacial score (nSPS) is 10.8. The van der Waals surface area contributed by atoms with Gasteiger partial charge >= 0.3 is 0 Å². The summed E-state index contributed by atoms with van der Waals surface area (Å²) >= 11 is 5.24. The highest BCUT2D eigenvalue weighted by Crippen LogP contribution is 2.28. The average molecular weight is 373 g/mol. The molecule has 0 fully saturated rings. The molecule has 2 N–H and O–H groups in total. The second-order valence-electron chi connectivity index (χ2n) is 6.23. The first kappa shape index (κ1) is 17.3. The number of nitrogens with two attached hydrogens (primary N) is 1. The molecule has 4 aromatic carbocycles. The van der Waals surface area contributed by atoms with E-state index in [-0.39, 0.29) is 0 Å². The number of rotatable bonds is 6. The minimum atomic E-state index is 0.331. The van der Waals surface area contributed by atoms with Gasteiger partial charge in [-0.1, -0.05) is 72.9 Å². The molecule has 0 aliphatic heterocycles. The van der Waals surface area contributed by atoms with E-state index >= 15 is 0 Å². The van der Waals surface area contributed by atoms with Crippen LogP contribution in [0, 0.1) is 0 Å². The van der Waals surface area contributed by atoms with E-state index in [9.17, 15) is 0 Å². The van der Waals surface area contributed by atoms with Crippen LogP contribution < -0.4 is 15.2 Å². The molecule has 4 aromatic rings. The largest absolute Gasteiger partial charge is 0.490 e. The molecule has 0 saturated carbocycles. The van der Waals surface area contributed by atoms with Gasteiger partial charge in [0.15, 0.2) is 0 Å². The molecule has 4 heteroatoms. The first-order valence-electron chi connectivity index (χ1n) is 8.78. The maximum atomic E-state index is 5.95. The lowest BCUT2D eigenvalue weighted by Gasteiger charge is -2.14. The van der Waals surface area contributed by atoms with Gasteiger partial charge in [-0.15, -0.1) is 0 Å². The number of hydrogen-bond donors (Lipinski definition) is 1. The van der Waals surface area contributed by atoms with Crippen molar-refractivity contribution in [3.05, 3.63) is 84.4 Å². The predicted octanol–water partition coefficient (Wildman–Crippen LogP) is 5.09. The zero-order valence-electron chi connectivity index (χ0n) is 14.7. The van der Waals surface area contributed by atoms with Crippen LogP contribution in [-0.2, 0) is 0 Å². The first-order chi connectivity index (χ1) is 13.2. The van der Waals surface area contributed by atoms with E-state index in [0.717, 1.165) is 27.5 Å². The number of benzene rings is 4. The molecule has 4 rings (SSSR count). The summed E-state index contributed by atoms with van der Waals surface area (Å²) in [6, 6.07) is 26.2. The Kier molecular flexibility index (Phi) is 4.90. The highest BCUT2D eigenvalue weighted by atomic mass is 32.1. The van der Waals surface area contributed by atoms with E-state index in [1.807, 2.05) is 60.7 Å². The minimum absolute atomic E-state index is 0.331. The monoisotopic (exact) mass is 373 g/mol. The molecule has 27 heavy (non-hydrogen) atoms. The number of fused-ring (bicyclic) bond motifs is 2. The van der Waals surface area contributed by atoms with E-state index < -0.39 is 0 Å². The Morgan fingerprint density at radius 2 is 1.41 bits per heavy atom. The molecule has 0 unspecified atom stereocenters. The van der Waals surface area contributed by atoms with E-state index in [4.69, 9.17) is 27.4 Å². The van der Waals surface area contributed by atoms with Crippen molar-refractivity contribution in [1.29, 1.82) is 0 Å². The van der Waals surface area contributed by atoms with Crippen LogP contribution in [0.2, 0.25) is 0 Å². The fraction of sp³-hybridized carbons (Fsp3) is 0.0870. The van der Waals surface area contributed by atoms with Gasteiger partial charge in [-0.05, 0) is 39.7 Å². The molecule has 0 bridgehead atoms. The lowest BCUT2D eigenvalue weighted by Crippen LogP contribution is -2.15. The summed E-state index contributed by atoms with van der Waals surface area (Å²) in [6.45, 7) is 0.836. The second kappa shape index (κ2) is 7.64. The summed E-state index contributed by atoms with van der Waals surface area (Å²) in [7, 11) is 0. The van der Waals surface area contributed by atoms with Crippen LogP contribution in [0.1, 0.15) is 5.56 Å². The lowest BCUT2D eigenvalue weighted by molar-refractivity contribution is 0.217. The van der Waals surface area contributed by atoms with E-state index in [0.29, 0.717) is 24.0 Å². The van der Waals surface area contributed by atoms with Crippen molar-refractivity contribution < 1.29 is 9.47 Å². The van der Waals surface area contributed by atoms with Gasteiger partial charge < -0.3 is 15.2 Å². The van der Waals surface area contributed by atoms with Gasteiger partial charge in [0.05, 0.1) is 5.56 Å². The summed E-state index contributed by atoms with van der Waals surface area (Å²) in [4.78, 5) is 0.331. The summed E-state index contributed by atoms with van der Waals surface area (Å²) in [5.41, 5.74) is 6.72. The third-order valence-corrected chi connectivity index (χ3v) is 4.67. The highest BCUT2D eigenvalue weighted by molar-refractivity contribution is 7.80. The number of thiocarbonyl (C=S) groups is 1. The Labute approximate surface area is 163 Å². The molecule has 0 aliphatic carbocycles. The SMILES string of the molecule is NC(=S)c1c(OCCOc2ccc3ccccc3c2)ccc2ccccc12. The van der Waals surface area contributed by atoms with Crippen LogP contribution in [0.4, 0.5) is 0 Å². The zero-order chi connectivity index (χ0) is 18.6. The molecule has 0 aliphatic rings. The van der Waals surface area contributed by atoms with Gasteiger partial charge in [0, 0.05) is 0 Å². The third kappa shape index (κ3) is 3.71. The number of ether oxygens (including phenoxy) is 2. The third-order valence-electron chi connectivity index (χ3n) is 4.47. The molecule has 0 amide bonds. The standard InChI is InChI=1S/C23H19NO2S/c24-23(27)22-20-8-4-3-6-17(20)10-12-21(22)26-14-13-25-19-11-9-16-5-1-2-7-18(16)15-19/h1-12,15H,13-14H2,(H2,24,27). The van der Waals surface area contributed by atoms with E-state index in [1.165, 1.54) is 5.39 Å². The Hall–Kier alpha value is -3.11. The van der Waals surface area contributed by atoms with Crippen molar-refractivity contribution in [3.63, 3.8) is 0 Å². The molecule has 134 valence electrons. The summed E-state index contributed by atoms with van der Waals surface area (Å²) < 4.78 is 11.8. The Morgan fingerprint density at radius 1 is 0.741 bits per heavy atom. The minimum Gasteiger partial charge on any atom is -0.490 e. The molecule has 0 saturated heterocycles. The van der Waals surface area contributed by atoms with Crippen molar-refractivity contribution in [2.75, 3.05) is 13.2 Å². The van der Waals surface area contributed by atoms with Gasteiger partial charge in [0.2, 0.25) is 0 Å². The Balaban J connectivity index is 1.45. The predicted molar refractivity (Wildman–Crippen MR) is 115 cm³/mol. The van der Waals surface area contributed by atoms with Crippen LogP contribution in [0.5, 0.6) is 11.5 Å². The molecule has 0 heterocycles. The van der Waals surface area contributed by atoms with Gasteiger partial charge in [-0.2, -0.15) is 0 Å². The molecule has 0 radical (unpaired) electrons. The molecule has 0 spiro atoms. The van der Waals surface area contributed by atoms with Crippen molar-refractivity contribution in [3.8, 4) is 11.5 Å². The van der Waals surface area contributed by atoms with Crippen molar-refractivity contribution in [1.82, 2.24) is 0 Å². The second-order valence-corrected chi connectivity index (χ2v) is 6.67. The summed E-state index contributed by atoms with van der Waals surface area (Å²) in [6.07, 6.45) is 0. The van der Waals surface area contributed by atoms with Crippen molar-refractivity contribution in [2.45, 2.75) is 0 Å². The van der Waals surface area contributed by atoms with Crippen molar-refractivity contribution >= 4 is 38.8 Å². The van der Waals surface area contributed by atoms with Crippen LogP contribution >= 0.6 is 12.2 Å². The fourth-order valence-electron chi connectivity index (χ4n) is 3.19. The highest BCUT2D eigenvalue weighted by Gasteiger charge is 2.11. The Morgan fingerprint density at radius 3 is 2.22 bits per heavy atom. The maximum absolute atomic E-state index is 5.95. The first-order valence-corrected chi connectivity index (χ1v) is 9.19. The van der Waals surface area contributed by atoms with Gasteiger partial charge in [-0.25, -0.2) is 0 Å². The molecule has 0 atom stereocenters. The van der Waals surface area contributed by atoms with Gasteiger partial charge in [0.25, 0.3) is 0 Å². The summed E-state index contributed by atoms with van der Waals surface area (Å²) in [5, 5.41) is 4.43. The molecule has 3 nitrogen and oxygen atoms in total. The average Bonchev–Trinajstić information content (AvgIpc) is 2.70. The van der Waals surface area contributed by atoms with Crippen LogP contribution in [0.25, 0.3) is 21.5 Å². The topological polar surface area (TPSA) is 44.5 Å². The van der Waals surface area contributed by atoms with Crippen molar-refractivity contribution in [2.24, 2.45) is 5.73 Å². The molecule has 0 aromatic heterocycles. The van der Waals surface area contributed by atoms with Crippen LogP contribution in [-0.4, -0.2) is 18.2 Å². The molecular weight excluding hydrogens is 354 g/mol. The Bertz CT molecular complexity index is 1120. The van der Waals surface area contributed by atoms with E-state index in [1.54, 1.807) is 0 Å². The maximum Gasteiger partial charge on any atom is 0.130 e. The van der Waals surface area contributed by atoms with Gasteiger partial charge in [0.1, 0.15) is 29.7 Å². The van der Waals surface area contributed by atoms with Crippen LogP contribution in [0.15, 0.2) is 78.9 Å². The zero-order valence-corrected chi connectivity index (χ0v) is 15.5. The summed E-state index contributed by atoms with van der Waals surface area (Å²) in [5.74, 6) is 1.51.